The molecule has 0 atom stereocenters. The summed E-state index contributed by atoms with van der Waals surface area (Å²) >= 11 is 0. The van der Waals surface area contributed by atoms with E-state index in [9.17, 15) is 15.4 Å². The van der Waals surface area contributed by atoms with Crippen LogP contribution in [-0.4, -0.2) is 21.1 Å². The highest BCUT2D eigenvalue weighted by atomic mass is 16.4. The third-order valence-corrected chi connectivity index (χ3v) is 3.38. The van der Waals surface area contributed by atoms with Crippen molar-refractivity contribution in [2.24, 2.45) is 5.16 Å². The van der Waals surface area contributed by atoms with Crippen LogP contribution in [0.25, 0.3) is 10.8 Å². The zero-order valence-electron chi connectivity index (χ0n) is 11.1. The van der Waals surface area contributed by atoms with E-state index < -0.39 is 0 Å². The lowest BCUT2D eigenvalue weighted by atomic mass is 9.95. The van der Waals surface area contributed by atoms with Crippen molar-refractivity contribution in [3.8, 4) is 11.5 Å². The van der Waals surface area contributed by atoms with Crippen LogP contribution in [0.5, 0.6) is 11.5 Å². The number of hydrogen-bond acceptors (Lipinski definition) is 4. The van der Waals surface area contributed by atoms with E-state index in [2.05, 4.69) is 5.16 Å². The van der Waals surface area contributed by atoms with Crippen molar-refractivity contribution in [2.75, 3.05) is 0 Å². The number of benzene rings is 3. The maximum absolute atomic E-state index is 10.2. The van der Waals surface area contributed by atoms with E-state index in [1.807, 2.05) is 24.3 Å². The van der Waals surface area contributed by atoms with Crippen molar-refractivity contribution in [3.05, 3.63) is 71.8 Å². The standard InChI is InChI=1S/C17H13NO3/c19-13-8-5-12(6-9-13)17(18-21)16-14-4-2-1-3-11(14)7-10-15(16)20/h1-10,19-21H/b18-17+. The molecule has 3 rings (SSSR count). The van der Waals surface area contributed by atoms with Crippen LogP contribution in [0.2, 0.25) is 0 Å². The molecule has 4 heteroatoms. The van der Waals surface area contributed by atoms with Gasteiger partial charge in [-0.15, -0.1) is 0 Å². The lowest BCUT2D eigenvalue weighted by Gasteiger charge is -2.11. The van der Waals surface area contributed by atoms with Gasteiger partial charge in [0.1, 0.15) is 17.2 Å². The molecule has 0 radical (unpaired) electrons. The van der Waals surface area contributed by atoms with Crippen LogP contribution in [0.3, 0.4) is 0 Å². The van der Waals surface area contributed by atoms with Crippen molar-refractivity contribution in [1.29, 1.82) is 0 Å². The SMILES string of the molecule is O/N=C(\c1ccc(O)cc1)c1c(O)ccc2ccccc12. The first-order chi connectivity index (χ1) is 10.2. The first-order valence-corrected chi connectivity index (χ1v) is 6.43. The Kier molecular flexibility index (Phi) is 3.20. The van der Waals surface area contributed by atoms with Gasteiger partial charge in [-0.05, 0) is 41.1 Å². The highest BCUT2D eigenvalue weighted by Gasteiger charge is 2.16. The molecule has 0 aliphatic rings. The molecular weight excluding hydrogens is 266 g/mol. The van der Waals surface area contributed by atoms with Crippen LogP contribution in [0, 0.1) is 0 Å². The van der Waals surface area contributed by atoms with E-state index in [1.54, 1.807) is 24.3 Å². The Morgan fingerprint density at radius 1 is 0.810 bits per heavy atom. The van der Waals surface area contributed by atoms with Gasteiger partial charge in [-0.2, -0.15) is 0 Å². The van der Waals surface area contributed by atoms with Crippen molar-refractivity contribution in [3.63, 3.8) is 0 Å². The van der Waals surface area contributed by atoms with Gasteiger partial charge in [0.05, 0.1) is 5.56 Å². The van der Waals surface area contributed by atoms with Crippen LogP contribution >= 0.6 is 0 Å². The van der Waals surface area contributed by atoms with E-state index >= 15 is 0 Å². The first-order valence-electron chi connectivity index (χ1n) is 6.43. The molecule has 0 spiro atoms. The second kappa shape index (κ2) is 5.17. The lowest BCUT2D eigenvalue weighted by molar-refractivity contribution is 0.319. The number of oxime groups is 1. The molecule has 0 amide bonds. The van der Waals surface area contributed by atoms with Crippen LogP contribution in [-0.2, 0) is 0 Å². The summed E-state index contributed by atoms with van der Waals surface area (Å²) in [6, 6.07) is 17.2. The molecule has 0 aliphatic carbocycles. The van der Waals surface area contributed by atoms with Crippen LogP contribution in [0.15, 0.2) is 65.8 Å². The molecular formula is C17H13NO3. The smallest absolute Gasteiger partial charge is 0.125 e. The van der Waals surface area contributed by atoms with Crippen molar-refractivity contribution in [2.45, 2.75) is 0 Å². The molecule has 3 aromatic rings. The highest BCUT2D eigenvalue weighted by molar-refractivity contribution is 6.20. The normalized spacial score (nSPS) is 11.7. The predicted molar refractivity (Wildman–Crippen MR) is 81.1 cm³/mol. The number of aromatic hydroxyl groups is 2. The summed E-state index contributed by atoms with van der Waals surface area (Å²) in [4.78, 5) is 0. The third-order valence-electron chi connectivity index (χ3n) is 3.38. The molecule has 0 saturated heterocycles. The summed E-state index contributed by atoms with van der Waals surface area (Å²) in [6.07, 6.45) is 0. The third kappa shape index (κ3) is 2.27. The van der Waals surface area contributed by atoms with Crippen molar-refractivity contribution < 1.29 is 15.4 Å². The van der Waals surface area contributed by atoms with Gasteiger partial charge in [-0.1, -0.05) is 35.5 Å². The molecule has 0 fully saturated rings. The van der Waals surface area contributed by atoms with Crippen LogP contribution in [0.4, 0.5) is 0 Å². The number of rotatable bonds is 2. The van der Waals surface area contributed by atoms with Crippen LogP contribution < -0.4 is 0 Å². The van der Waals surface area contributed by atoms with Gasteiger partial charge in [-0.25, -0.2) is 0 Å². The predicted octanol–water partition coefficient (Wildman–Crippen LogP) is 3.48. The Morgan fingerprint density at radius 3 is 2.24 bits per heavy atom. The maximum Gasteiger partial charge on any atom is 0.125 e. The molecule has 4 nitrogen and oxygen atoms in total. The second-order valence-electron chi connectivity index (χ2n) is 4.68. The lowest BCUT2D eigenvalue weighted by Crippen LogP contribution is -2.04. The van der Waals surface area contributed by atoms with Crippen LogP contribution in [0.1, 0.15) is 11.1 Å². The zero-order valence-corrected chi connectivity index (χ0v) is 11.1. The van der Waals surface area contributed by atoms with E-state index in [4.69, 9.17) is 0 Å². The van der Waals surface area contributed by atoms with Gasteiger partial charge >= 0.3 is 0 Å². The van der Waals surface area contributed by atoms with Crippen molar-refractivity contribution >= 4 is 16.5 Å². The molecule has 3 aromatic carbocycles. The minimum Gasteiger partial charge on any atom is -0.508 e. The number of phenols is 2. The average molecular weight is 279 g/mol. The Balaban J connectivity index is 2.27. The zero-order chi connectivity index (χ0) is 14.8. The van der Waals surface area contributed by atoms with E-state index in [0.29, 0.717) is 11.1 Å². The average Bonchev–Trinajstić information content (AvgIpc) is 2.52. The summed E-state index contributed by atoms with van der Waals surface area (Å²) in [6.45, 7) is 0. The van der Waals surface area contributed by atoms with Gasteiger partial charge in [0.15, 0.2) is 0 Å². The molecule has 0 unspecified atom stereocenters. The van der Waals surface area contributed by atoms with Gasteiger partial charge in [-0.3, -0.25) is 0 Å². The van der Waals surface area contributed by atoms with Gasteiger partial charge < -0.3 is 15.4 Å². The van der Waals surface area contributed by atoms with E-state index in [-0.39, 0.29) is 17.2 Å². The summed E-state index contributed by atoms with van der Waals surface area (Å²) in [5.74, 6) is 0.160. The molecule has 104 valence electrons. The fourth-order valence-electron chi connectivity index (χ4n) is 2.38. The van der Waals surface area contributed by atoms with E-state index in [1.165, 1.54) is 12.1 Å². The van der Waals surface area contributed by atoms with E-state index in [0.717, 1.165) is 10.8 Å². The summed E-state index contributed by atoms with van der Waals surface area (Å²) in [5, 5.41) is 34.0. The molecule has 3 N–H and O–H groups in total. The number of phenolic OH excluding ortho intramolecular Hbond substituents is 2. The largest absolute Gasteiger partial charge is 0.508 e. The molecule has 0 saturated carbocycles. The molecule has 0 aliphatic heterocycles. The summed E-state index contributed by atoms with van der Waals surface area (Å²) in [5.41, 5.74) is 1.31. The van der Waals surface area contributed by atoms with Crippen molar-refractivity contribution in [1.82, 2.24) is 0 Å². The quantitative estimate of drug-likeness (QED) is 0.382. The number of hydrogen-bond donors (Lipinski definition) is 3. The Morgan fingerprint density at radius 2 is 1.52 bits per heavy atom. The number of nitrogens with zero attached hydrogens (tertiary/aromatic N) is 1. The fourth-order valence-corrected chi connectivity index (χ4v) is 2.38. The Bertz CT molecular complexity index is 823. The Labute approximate surface area is 121 Å². The summed E-state index contributed by atoms with van der Waals surface area (Å²) < 4.78 is 0. The summed E-state index contributed by atoms with van der Waals surface area (Å²) in [7, 11) is 0. The molecule has 0 aromatic heterocycles. The maximum atomic E-state index is 10.2. The molecule has 0 heterocycles. The van der Waals surface area contributed by atoms with Gasteiger partial charge in [0, 0.05) is 5.56 Å². The molecule has 0 bridgehead atoms. The molecule has 21 heavy (non-hydrogen) atoms. The second-order valence-corrected chi connectivity index (χ2v) is 4.68. The highest BCUT2D eigenvalue weighted by Crippen LogP contribution is 2.30. The minimum atomic E-state index is 0.0366. The van der Waals surface area contributed by atoms with Gasteiger partial charge in [0.25, 0.3) is 0 Å². The fraction of sp³-hybridized carbons (Fsp3) is 0. The monoisotopic (exact) mass is 279 g/mol. The number of fused-ring (bicyclic) bond motifs is 1. The topological polar surface area (TPSA) is 73.1 Å². The Hall–Kier alpha value is -3.01. The van der Waals surface area contributed by atoms with Gasteiger partial charge in [0.2, 0.25) is 0 Å². The first kappa shape index (κ1) is 13.0. The minimum absolute atomic E-state index is 0.0366.